The van der Waals surface area contributed by atoms with E-state index < -0.39 is 15.6 Å². The number of aromatic nitrogens is 2. The Hall–Kier alpha value is -1.73. The van der Waals surface area contributed by atoms with Gasteiger partial charge in [0.2, 0.25) is 15.9 Å². The van der Waals surface area contributed by atoms with Crippen LogP contribution in [0.1, 0.15) is 49.4 Å². The van der Waals surface area contributed by atoms with Crippen molar-refractivity contribution < 1.29 is 12.9 Å². The second-order valence-electron chi connectivity index (χ2n) is 6.20. The van der Waals surface area contributed by atoms with Crippen molar-refractivity contribution in [2.24, 2.45) is 0 Å². The fourth-order valence-electron chi connectivity index (χ4n) is 3.05. The summed E-state index contributed by atoms with van der Waals surface area (Å²) < 4.78 is 33.5. The van der Waals surface area contributed by atoms with E-state index in [1.165, 1.54) is 0 Å². The smallest absolute Gasteiger partial charge is 0.241 e. The SMILES string of the molecule is Cc1ccc(S(=O)(=O)NC2(c3noc(C)n3)CCCCC2)cc1. The van der Waals surface area contributed by atoms with E-state index in [1.54, 1.807) is 31.2 Å². The molecule has 124 valence electrons. The number of nitrogens with one attached hydrogen (secondary N) is 1. The molecular formula is C16H21N3O3S. The average molecular weight is 335 g/mol. The van der Waals surface area contributed by atoms with Crippen LogP contribution in [0.2, 0.25) is 0 Å². The first-order valence-electron chi connectivity index (χ1n) is 7.83. The summed E-state index contributed by atoms with van der Waals surface area (Å²) >= 11 is 0. The summed E-state index contributed by atoms with van der Waals surface area (Å²) in [5.41, 5.74) is 0.241. The number of hydrogen-bond donors (Lipinski definition) is 1. The van der Waals surface area contributed by atoms with Gasteiger partial charge < -0.3 is 4.52 Å². The van der Waals surface area contributed by atoms with E-state index in [1.807, 2.05) is 6.92 Å². The molecule has 0 spiro atoms. The number of hydrogen-bond acceptors (Lipinski definition) is 5. The van der Waals surface area contributed by atoms with Crippen molar-refractivity contribution in [2.45, 2.75) is 56.4 Å². The first-order valence-corrected chi connectivity index (χ1v) is 9.31. The lowest BCUT2D eigenvalue weighted by Crippen LogP contribution is -2.47. The van der Waals surface area contributed by atoms with Crippen LogP contribution in [0, 0.1) is 13.8 Å². The van der Waals surface area contributed by atoms with Crippen LogP contribution in [0.3, 0.4) is 0 Å². The van der Waals surface area contributed by atoms with Crippen LogP contribution in [-0.2, 0) is 15.6 Å². The molecule has 0 saturated heterocycles. The van der Waals surface area contributed by atoms with Gasteiger partial charge in [-0.3, -0.25) is 0 Å². The van der Waals surface area contributed by atoms with Crippen molar-refractivity contribution in [3.8, 4) is 0 Å². The Kier molecular flexibility index (Phi) is 4.25. The molecule has 23 heavy (non-hydrogen) atoms. The number of nitrogens with zero attached hydrogens (tertiary/aromatic N) is 2. The zero-order valence-corrected chi connectivity index (χ0v) is 14.2. The van der Waals surface area contributed by atoms with Crippen LogP contribution in [-0.4, -0.2) is 18.6 Å². The van der Waals surface area contributed by atoms with E-state index in [0.29, 0.717) is 24.6 Å². The van der Waals surface area contributed by atoms with Gasteiger partial charge in [-0.25, -0.2) is 8.42 Å². The third-order valence-corrected chi connectivity index (χ3v) is 5.88. The van der Waals surface area contributed by atoms with Gasteiger partial charge in [0.15, 0.2) is 5.82 Å². The van der Waals surface area contributed by atoms with Crippen molar-refractivity contribution in [3.63, 3.8) is 0 Å². The van der Waals surface area contributed by atoms with Gasteiger partial charge >= 0.3 is 0 Å². The highest BCUT2D eigenvalue weighted by Crippen LogP contribution is 2.37. The van der Waals surface area contributed by atoms with Gasteiger partial charge in [-0.2, -0.15) is 9.71 Å². The molecule has 1 aliphatic rings. The molecule has 1 aromatic carbocycles. The summed E-state index contributed by atoms with van der Waals surface area (Å²) in [6.07, 6.45) is 4.31. The maximum atomic E-state index is 12.8. The molecule has 6 nitrogen and oxygen atoms in total. The molecule has 2 aromatic rings. The molecule has 1 aliphatic carbocycles. The second-order valence-corrected chi connectivity index (χ2v) is 7.88. The first-order chi connectivity index (χ1) is 10.9. The van der Waals surface area contributed by atoms with Gasteiger partial charge in [0.25, 0.3) is 0 Å². The molecule has 7 heteroatoms. The number of aryl methyl sites for hydroxylation is 2. The van der Waals surface area contributed by atoms with Crippen molar-refractivity contribution in [1.29, 1.82) is 0 Å². The van der Waals surface area contributed by atoms with E-state index in [2.05, 4.69) is 14.9 Å². The normalized spacial score (nSPS) is 18.0. The minimum Gasteiger partial charge on any atom is -0.340 e. The van der Waals surface area contributed by atoms with Gasteiger partial charge in [-0.05, 0) is 31.9 Å². The monoisotopic (exact) mass is 335 g/mol. The Balaban J connectivity index is 1.96. The highest BCUT2D eigenvalue weighted by atomic mass is 32.2. The second kappa shape index (κ2) is 6.05. The van der Waals surface area contributed by atoms with Gasteiger partial charge in [-0.15, -0.1) is 0 Å². The lowest BCUT2D eigenvalue weighted by atomic mass is 9.82. The standard InChI is InChI=1S/C16H21N3O3S/c1-12-6-8-14(9-7-12)23(20,21)19-16(10-4-3-5-11-16)15-17-13(2)22-18-15/h6-9,19H,3-5,10-11H2,1-2H3. The third kappa shape index (κ3) is 3.30. The molecule has 1 N–H and O–H groups in total. The van der Waals surface area contributed by atoms with Crippen LogP contribution < -0.4 is 4.72 Å². The Labute approximate surface area is 136 Å². The van der Waals surface area contributed by atoms with Gasteiger partial charge in [-0.1, -0.05) is 42.1 Å². The van der Waals surface area contributed by atoms with Gasteiger partial charge in [0.1, 0.15) is 0 Å². The molecule has 0 atom stereocenters. The van der Waals surface area contributed by atoms with Crippen molar-refractivity contribution in [2.75, 3.05) is 0 Å². The van der Waals surface area contributed by atoms with E-state index in [-0.39, 0.29) is 4.90 Å². The van der Waals surface area contributed by atoms with Crippen LogP contribution >= 0.6 is 0 Å². The number of sulfonamides is 1. The molecule has 0 aliphatic heterocycles. The van der Waals surface area contributed by atoms with E-state index >= 15 is 0 Å². The summed E-state index contributed by atoms with van der Waals surface area (Å²) in [7, 11) is -3.65. The predicted molar refractivity (Wildman–Crippen MR) is 85.3 cm³/mol. The Bertz CT molecular complexity index is 775. The van der Waals surface area contributed by atoms with Crippen molar-refractivity contribution in [1.82, 2.24) is 14.9 Å². The van der Waals surface area contributed by atoms with E-state index in [9.17, 15) is 8.42 Å². The highest BCUT2D eigenvalue weighted by molar-refractivity contribution is 7.89. The Morgan fingerprint density at radius 3 is 2.30 bits per heavy atom. The lowest BCUT2D eigenvalue weighted by molar-refractivity contribution is 0.248. The van der Waals surface area contributed by atoms with Crippen molar-refractivity contribution >= 4 is 10.0 Å². The third-order valence-electron chi connectivity index (χ3n) is 4.32. The molecule has 1 fully saturated rings. The summed E-state index contributed by atoms with van der Waals surface area (Å²) in [5.74, 6) is 0.880. The van der Waals surface area contributed by atoms with Crippen LogP contribution in [0.25, 0.3) is 0 Å². The topological polar surface area (TPSA) is 85.1 Å². The summed E-state index contributed by atoms with van der Waals surface area (Å²) in [5, 5.41) is 3.99. The lowest BCUT2D eigenvalue weighted by Gasteiger charge is -2.34. The largest absolute Gasteiger partial charge is 0.340 e. The first kappa shape index (κ1) is 16.1. The molecule has 1 saturated carbocycles. The molecule has 3 rings (SSSR count). The number of benzene rings is 1. The molecular weight excluding hydrogens is 314 g/mol. The fourth-order valence-corrected chi connectivity index (χ4v) is 4.48. The molecule has 0 bridgehead atoms. The Morgan fingerprint density at radius 1 is 1.09 bits per heavy atom. The maximum Gasteiger partial charge on any atom is 0.241 e. The van der Waals surface area contributed by atoms with E-state index in [4.69, 9.17) is 4.52 Å². The summed E-state index contributed by atoms with van der Waals surface area (Å²) in [6, 6.07) is 6.83. The molecule has 0 amide bonds. The summed E-state index contributed by atoms with van der Waals surface area (Å²) in [4.78, 5) is 4.55. The average Bonchev–Trinajstić information content (AvgIpc) is 2.95. The maximum absolute atomic E-state index is 12.8. The van der Waals surface area contributed by atoms with Crippen LogP contribution in [0.15, 0.2) is 33.7 Å². The minimum absolute atomic E-state index is 0.258. The predicted octanol–water partition coefficient (Wildman–Crippen LogP) is 2.82. The van der Waals surface area contributed by atoms with Crippen LogP contribution in [0.5, 0.6) is 0 Å². The van der Waals surface area contributed by atoms with Gasteiger partial charge in [0, 0.05) is 6.92 Å². The van der Waals surface area contributed by atoms with Gasteiger partial charge in [0.05, 0.1) is 10.4 Å². The van der Waals surface area contributed by atoms with Crippen LogP contribution in [0.4, 0.5) is 0 Å². The Morgan fingerprint density at radius 2 is 1.74 bits per heavy atom. The minimum atomic E-state index is -3.65. The summed E-state index contributed by atoms with van der Waals surface area (Å²) in [6.45, 7) is 3.63. The fraction of sp³-hybridized carbons (Fsp3) is 0.500. The number of rotatable bonds is 4. The zero-order chi connectivity index (χ0) is 16.5. The molecule has 1 heterocycles. The van der Waals surface area contributed by atoms with E-state index in [0.717, 1.165) is 24.8 Å². The molecule has 1 aromatic heterocycles. The zero-order valence-electron chi connectivity index (χ0n) is 13.4. The quantitative estimate of drug-likeness (QED) is 0.928. The highest BCUT2D eigenvalue weighted by Gasteiger charge is 2.41. The molecule has 0 unspecified atom stereocenters. The molecule has 0 radical (unpaired) electrons. The van der Waals surface area contributed by atoms with Crippen molar-refractivity contribution in [3.05, 3.63) is 41.5 Å².